The molecule has 4 aliphatic heterocycles. The topological polar surface area (TPSA) is 127 Å². The van der Waals surface area contributed by atoms with Crippen LogP contribution in [0.15, 0.2) is 80.5 Å². The second-order valence-electron chi connectivity index (χ2n) is 14.7. The molecule has 2 aromatic heterocycles. The zero-order chi connectivity index (χ0) is 38.8. The molecule has 0 spiro atoms. The molecule has 0 fully saturated rings. The fraction of sp³-hybridized carbons (Fsp3) is 0.300. The monoisotopic (exact) mass is 756 g/mol. The highest BCUT2D eigenvalue weighted by Crippen LogP contribution is 2.56. The van der Waals surface area contributed by atoms with Gasteiger partial charge in [-0.15, -0.1) is 22.7 Å². The first kappa shape index (κ1) is 35.1. The molecule has 6 aliphatic rings. The van der Waals surface area contributed by atoms with E-state index < -0.39 is 34.8 Å². The molecule has 2 aliphatic carbocycles. The van der Waals surface area contributed by atoms with Gasteiger partial charge in [0.05, 0.1) is 13.1 Å². The normalized spacial score (nSPS) is 25.3. The Kier molecular flexibility index (Phi) is 7.65. The first-order chi connectivity index (χ1) is 25.4. The van der Waals surface area contributed by atoms with Gasteiger partial charge in [-0.3, -0.25) is 29.0 Å². The zero-order valence-corrected chi connectivity index (χ0v) is 32.2. The van der Waals surface area contributed by atoms with E-state index in [4.69, 9.17) is 32.6 Å². The Bertz CT molecular complexity index is 2390. The molecule has 6 heterocycles. The van der Waals surface area contributed by atoms with Crippen LogP contribution in [0.2, 0.25) is 0 Å². The van der Waals surface area contributed by atoms with Crippen LogP contribution in [0.3, 0.4) is 0 Å². The Hall–Kier alpha value is -5.96. The van der Waals surface area contributed by atoms with Crippen molar-refractivity contribution in [1.82, 2.24) is 9.80 Å². The molecule has 2 atom stereocenters. The van der Waals surface area contributed by atoms with Gasteiger partial charge in [0.25, 0.3) is 35.0 Å². The van der Waals surface area contributed by atoms with Crippen LogP contribution < -0.4 is 0 Å². The molecule has 12 nitrogen and oxygen atoms in total. The summed E-state index contributed by atoms with van der Waals surface area (Å²) in [6.07, 6.45) is 8.60. The molecule has 2 aromatic rings. The van der Waals surface area contributed by atoms with Crippen LogP contribution in [0, 0.1) is 25.0 Å². The van der Waals surface area contributed by atoms with Gasteiger partial charge in [-0.2, -0.15) is 0 Å². The van der Waals surface area contributed by atoms with Crippen LogP contribution in [0.4, 0.5) is 10.0 Å². The second-order valence-corrected chi connectivity index (χ2v) is 16.7. The minimum absolute atomic E-state index is 0.0622. The average Bonchev–Trinajstić information content (AvgIpc) is 3.76. The lowest BCUT2D eigenvalue weighted by Crippen LogP contribution is -2.43. The molecular weight excluding hydrogens is 725 g/mol. The van der Waals surface area contributed by atoms with Gasteiger partial charge in [-0.05, 0) is 77.0 Å². The lowest BCUT2D eigenvalue weighted by molar-refractivity contribution is -0.138. The summed E-state index contributed by atoms with van der Waals surface area (Å²) in [6, 6.07) is 3.82. The molecular formula is C40H32N6O6S2. The molecule has 0 N–H and O–H groups in total. The van der Waals surface area contributed by atoms with E-state index in [1.54, 1.807) is 13.8 Å². The van der Waals surface area contributed by atoms with Gasteiger partial charge in [-0.1, -0.05) is 12.2 Å². The number of nitrogens with zero attached hydrogens (tertiary/aromatic N) is 6. The van der Waals surface area contributed by atoms with Crippen molar-refractivity contribution in [1.29, 1.82) is 0 Å². The van der Waals surface area contributed by atoms with E-state index in [1.807, 2.05) is 39.8 Å². The number of fused-ring (bicyclic) bond motifs is 7. The predicted octanol–water partition coefficient (Wildman–Crippen LogP) is 7.36. The maximum absolute atomic E-state index is 13.1. The third kappa shape index (κ3) is 5.05. The highest BCUT2D eigenvalue weighted by Gasteiger charge is 2.44. The van der Waals surface area contributed by atoms with Crippen molar-refractivity contribution in [2.45, 2.75) is 52.7 Å². The van der Waals surface area contributed by atoms with Gasteiger partial charge in [0.1, 0.15) is 44.1 Å². The summed E-state index contributed by atoms with van der Waals surface area (Å²) in [5.74, 6) is -1.04. The summed E-state index contributed by atoms with van der Waals surface area (Å²) in [5, 5.41) is 1.12. The van der Waals surface area contributed by atoms with Gasteiger partial charge in [-0.25, -0.2) is 19.7 Å². The lowest BCUT2D eigenvalue weighted by atomic mass is 9.76. The molecule has 0 aromatic carbocycles. The van der Waals surface area contributed by atoms with Crippen molar-refractivity contribution >= 4 is 78.9 Å². The molecule has 14 heteroatoms. The number of carbonyl (C=O) groups excluding carboxylic acids is 4. The van der Waals surface area contributed by atoms with Crippen molar-refractivity contribution in [3.05, 3.63) is 114 Å². The number of allylic oxidation sites excluding steroid dienone is 6. The summed E-state index contributed by atoms with van der Waals surface area (Å²) in [7, 11) is 2.70. The number of amides is 4. The molecule has 4 amide bonds. The Morgan fingerprint density at radius 1 is 0.648 bits per heavy atom. The number of imide groups is 2. The lowest BCUT2D eigenvalue weighted by Gasteiger charge is -2.40. The maximum Gasteiger partial charge on any atom is 0.277 e. The number of rotatable bonds is 2. The number of thiophene rings is 2. The number of likely N-dealkylation sites (N-methyl/N-ethyl adjacent to an activating group) is 2. The van der Waals surface area contributed by atoms with E-state index >= 15 is 0 Å². The Morgan fingerprint density at radius 3 is 1.37 bits per heavy atom. The van der Waals surface area contributed by atoms with Crippen LogP contribution >= 0.6 is 22.7 Å². The molecule has 8 rings (SSSR count). The minimum Gasteiger partial charge on any atom is -0.483 e. The Morgan fingerprint density at radius 2 is 1.02 bits per heavy atom. The predicted molar refractivity (Wildman–Crippen MR) is 204 cm³/mol. The number of aliphatic imine (C=N–C) groups is 2. The van der Waals surface area contributed by atoms with E-state index in [2.05, 4.69) is 34.0 Å². The van der Waals surface area contributed by atoms with Crippen LogP contribution in [0.1, 0.15) is 62.4 Å². The fourth-order valence-corrected chi connectivity index (χ4v) is 9.86. The summed E-state index contributed by atoms with van der Waals surface area (Å²) in [6.45, 7) is 26.1. The van der Waals surface area contributed by atoms with E-state index in [1.165, 1.54) is 36.8 Å². The van der Waals surface area contributed by atoms with E-state index in [9.17, 15) is 19.2 Å². The third-order valence-electron chi connectivity index (χ3n) is 10.5. The van der Waals surface area contributed by atoms with Gasteiger partial charge < -0.3 is 9.47 Å². The quantitative estimate of drug-likeness (QED) is 0.233. The van der Waals surface area contributed by atoms with Crippen LogP contribution in [0.5, 0.6) is 0 Å². The summed E-state index contributed by atoms with van der Waals surface area (Å²) in [5.41, 5.74) is 2.63. The number of ether oxygens (including phenoxy) is 2. The standard InChI is InChI=1S/C40H32N6O6S2/c1-17-29(41-7)35(47)45(9)37(49)31(17)43-27-15-23-33(53-27)21-11-19-14-26-22(12-20(19)13-25(21)51-39(23,3)4)34-24(40(5,6)52-26)16-28(54-34)44-32-18(2)30(42-8)36(48)46(10)38(32)50/h11-16,19-20H,1-6,9-10H3. The first-order valence-corrected chi connectivity index (χ1v) is 18.6. The first-order valence-electron chi connectivity index (χ1n) is 17.0. The number of carbonyl (C=O) groups is 4. The van der Waals surface area contributed by atoms with Gasteiger partial charge in [0.2, 0.25) is 0 Å². The number of hydrogen-bond acceptors (Lipinski definition) is 10. The van der Waals surface area contributed by atoms with Crippen molar-refractivity contribution in [2.75, 3.05) is 14.1 Å². The summed E-state index contributed by atoms with van der Waals surface area (Å²) >= 11 is 2.86. The van der Waals surface area contributed by atoms with Crippen molar-refractivity contribution in [3.63, 3.8) is 0 Å². The fourth-order valence-electron chi connectivity index (χ4n) is 7.43. The van der Waals surface area contributed by atoms with Crippen LogP contribution in [0.25, 0.3) is 20.8 Å². The largest absolute Gasteiger partial charge is 0.483 e. The van der Waals surface area contributed by atoms with E-state index in [0.717, 1.165) is 53.3 Å². The van der Waals surface area contributed by atoms with Crippen LogP contribution in [-0.2, 0) is 39.9 Å². The van der Waals surface area contributed by atoms with Crippen molar-refractivity contribution in [3.8, 4) is 0 Å². The summed E-state index contributed by atoms with van der Waals surface area (Å²) < 4.78 is 13.3. The second kappa shape index (κ2) is 11.8. The SMILES string of the molecule is [C-]#[N+]C1=C(C)C(=Nc2cc3c(s2)C2=CC4C=C5OC(C)(C)c6cc(N=C7C(=O)N(C)C(=O)C([N+]#[C-])=C7C)sc6C5=CC4C=C2OC3(C)C)C(=O)N(C)C1=O. The molecule has 0 bridgehead atoms. The minimum atomic E-state index is -0.721. The van der Waals surface area contributed by atoms with Gasteiger partial charge in [0.15, 0.2) is 0 Å². The smallest absolute Gasteiger partial charge is 0.277 e. The van der Waals surface area contributed by atoms with Crippen LogP contribution in [-0.4, -0.2) is 58.9 Å². The summed E-state index contributed by atoms with van der Waals surface area (Å²) in [4.78, 5) is 71.1. The third-order valence-corrected chi connectivity index (χ3v) is 12.6. The van der Waals surface area contributed by atoms with Gasteiger partial charge >= 0.3 is 0 Å². The molecule has 270 valence electrons. The number of hydrogen-bond donors (Lipinski definition) is 0. The van der Waals surface area contributed by atoms with Gasteiger partial charge in [0, 0.05) is 58.0 Å². The zero-order valence-electron chi connectivity index (χ0n) is 30.6. The molecule has 0 saturated carbocycles. The van der Waals surface area contributed by atoms with Crippen molar-refractivity contribution in [2.24, 2.45) is 21.8 Å². The molecule has 0 saturated heterocycles. The van der Waals surface area contributed by atoms with E-state index in [-0.39, 0.29) is 45.8 Å². The van der Waals surface area contributed by atoms with Crippen molar-refractivity contribution < 1.29 is 28.7 Å². The van der Waals surface area contributed by atoms with E-state index in [0.29, 0.717) is 10.0 Å². The highest BCUT2D eigenvalue weighted by atomic mass is 32.1. The average molecular weight is 757 g/mol. The molecule has 2 unspecified atom stereocenters. The molecule has 0 radical (unpaired) electrons. The Labute approximate surface area is 319 Å². The maximum atomic E-state index is 13.1. The Balaban J connectivity index is 1.17. The molecule has 54 heavy (non-hydrogen) atoms. The highest BCUT2D eigenvalue weighted by molar-refractivity contribution is 7.17.